The lowest BCUT2D eigenvalue weighted by Gasteiger charge is -2.26. The Morgan fingerprint density at radius 1 is 1.44 bits per heavy atom. The van der Waals surface area contributed by atoms with Crippen molar-refractivity contribution in [1.82, 2.24) is 0 Å². The minimum atomic E-state index is 0.652. The lowest BCUT2D eigenvalue weighted by atomic mass is 10.1. The minimum absolute atomic E-state index is 0.652. The molecule has 2 N–H and O–H groups in total. The molecule has 16 heavy (non-hydrogen) atoms. The van der Waals surface area contributed by atoms with E-state index in [-0.39, 0.29) is 0 Å². The van der Waals surface area contributed by atoms with E-state index in [0.717, 1.165) is 24.0 Å². The summed E-state index contributed by atoms with van der Waals surface area (Å²) < 4.78 is 0. The van der Waals surface area contributed by atoms with Gasteiger partial charge in [-0.15, -0.1) is 0 Å². The predicted molar refractivity (Wildman–Crippen MR) is 70.3 cm³/mol. The number of nitrogens with zero attached hydrogens (tertiary/aromatic N) is 1. The zero-order valence-electron chi connectivity index (χ0n) is 9.75. The van der Waals surface area contributed by atoms with Crippen LogP contribution >= 0.6 is 11.6 Å². The van der Waals surface area contributed by atoms with E-state index in [0.29, 0.717) is 6.54 Å². The van der Waals surface area contributed by atoms with Crippen molar-refractivity contribution in [3.8, 4) is 0 Å². The summed E-state index contributed by atoms with van der Waals surface area (Å²) >= 11 is 6.25. The van der Waals surface area contributed by atoms with Crippen LogP contribution in [0.5, 0.6) is 0 Å². The van der Waals surface area contributed by atoms with Crippen molar-refractivity contribution in [3.63, 3.8) is 0 Å². The fourth-order valence-corrected chi connectivity index (χ4v) is 2.48. The van der Waals surface area contributed by atoms with Gasteiger partial charge in [-0.05, 0) is 50.4 Å². The summed E-state index contributed by atoms with van der Waals surface area (Å²) in [6.07, 6.45) is 3.48. The van der Waals surface area contributed by atoms with E-state index < -0.39 is 0 Å². The molecular weight excluding hydrogens is 220 g/mol. The average molecular weight is 239 g/mol. The lowest BCUT2D eigenvalue weighted by Crippen LogP contribution is -2.26. The molecule has 1 saturated carbocycles. The third-order valence-electron chi connectivity index (χ3n) is 3.13. The monoisotopic (exact) mass is 238 g/mol. The van der Waals surface area contributed by atoms with Crippen LogP contribution in [0.15, 0.2) is 18.2 Å². The number of benzene rings is 1. The predicted octanol–water partition coefficient (Wildman–Crippen LogP) is 2.83. The van der Waals surface area contributed by atoms with Gasteiger partial charge in [0.15, 0.2) is 0 Å². The smallest absolute Gasteiger partial charge is 0.0459 e. The molecule has 1 aliphatic rings. The van der Waals surface area contributed by atoms with Crippen LogP contribution in [0.2, 0.25) is 5.02 Å². The Bertz CT molecular complexity index is 361. The van der Waals surface area contributed by atoms with Gasteiger partial charge in [0.25, 0.3) is 0 Å². The van der Waals surface area contributed by atoms with Crippen molar-refractivity contribution in [2.24, 2.45) is 5.73 Å². The second-order valence-electron chi connectivity index (χ2n) is 4.29. The third-order valence-corrected chi connectivity index (χ3v) is 3.48. The highest BCUT2D eigenvalue weighted by Gasteiger charge is 2.29. The molecule has 1 aromatic rings. The Morgan fingerprint density at radius 3 is 2.75 bits per heavy atom. The van der Waals surface area contributed by atoms with Crippen LogP contribution in [0.1, 0.15) is 25.3 Å². The van der Waals surface area contributed by atoms with Crippen LogP contribution < -0.4 is 10.6 Å². The van der Waals surface area contributed by atoms with E-state index in [1.807, 2.05) is 12.1 Å². The molecule has 2 nitrogen and oxygen atoms in total. The lowest BCUT2D eigenvalue weighted by molar-refractivity contribution is 0.813. The topological polar surface area (TPSA) is 29.3 Å². The fraction of sp³-hybridized carbons (Fsp3) is 0.538. The van der Waals surface area contributed by atoms with E-state index in [2.05, 4.69) is 17.9 Å². The first kappa shape index (κ1) is 11.7. The quantitative estimate of drug-likeness (QED) is 0.855. The second-order valence-corrected chi connectivity index (χ2v) is 4.70. The minimum Gasteiger partial charge on any atom is -0.369 e. The van der Waals surface area contributed by atoms with E-state index in [1.54, 1.807) is 0 Å². The number of nitrogens with two attached hydrogens (primary N) is 1. The molecule has 0 amide bonds. The van der Waals surface area contributed by atoms with Gasteiger partial charge in [-0.25, -0.2) is 0 Å². The summed E-state index contributed by atoms with van der Waals surface area (Å²) in [7, 11) is 0. The first-order valence-electron chi connectivity index (χ1n) is 6.02. The van der Waals surface area contributed by atoms with E-state index in [4.69, 9.17) is 17.3 Å². The summed E-state index contributed by atoms with van der Waals surface area (Å²) in [6.45, 7) is 3.90. The number of hydrogen-bond acceptors (Lipinski definition) is 2. The van der Waals surface area contributed by atoms with Crippen molar-refractivity contribution in [3.05, 3.63) is 28.8 Å². The number of halogens is 1. The standard InChI is InChI=1S/C13H19ClN2/c1-2-16(10-6-7-10)13-5-3-4-12(14)11(13)8-9-15/h3-5,10H,2,6-9,15H2,1H3. The van der Waals surface area contributed by atoms with Crippen LogP contribution in [0, 0.1) is 0 Å². The number of anilines is 1. The summed E-state index contributed by atoms with van der Waals surface area (Å²) in [5.74, 6) is 0. The maximum atomic E-state index is 6.25. The van der Waals surface area contributed by atoms with Crippen molar-refractivity contribution < 1.29 is 0 Å². The van der Waals surface area contributed by atoms with Gasteiger partial charge < -0.3 is 10.6 Å². The second kappa shape index (κ2) is 5.07. The van der Waals surface area contributed by atoms with E-state index in [1.165, 1.54) is 24.1 Å². The molecule has 0 saturated heterocycles. The highest BCUT2D eigenvalue weighted by Crippen LogP contribution is 2.35. The van der Waals surface area contributed by atoms with Crippen LogP contribution in [0.4, 0.5) is 5.69 Å². The molecule has 0 aliphatic heterocycles. The number of rotatable bonds is 5. The van der Waals surface area contributed by atoms with Crippen molar-refractivity contribution in [2.75, 3.05) is 18.0 Å². The Hall–Kier alpha value is -0.730. The molecule has 88 valence electrons. The average Bonchev–Trinajstić information content (AvgIpc) is 3.08. The molecule has 0 aromatic heterocycles. The molecule has 0 unspecified atom stereocenters. The zero-order chi connectivity index (χ0) is 11.5. The van der Waals surface area contributed by atoms with Crippen LogP contribution in [0.25, 0.3) is 0 Å². The fourth-order valence-electron chi connectivity index (χ4n) is 2.22. The molecule has 1 aromatic carbocycles. The van der Waals surface area contributed by atoms with Crippen LogP contribution in [-0.2, 0) is 6.42 Å². The molecule has 3 heteroatoms. The van der Waals surface area contributed by atoms with Gasteiger partial charge in [-0.1, -0.05) is 17.7 Å². The van der Waals surface area contributed by atoms with Crippen LogP contribution in [-0.4, -0.2) is 19.1 Å². The van der Waals surface area contributed by atoms with Gasteiger partial charge >= 0.3 is 0 Å². The maximum Gasteiger partial charge on any atom is 0.0459 e. The molecule has 0 radical (unpaired) electrons. The summed E-state index contributed by atoms with van der Waals surface area (Å²) in [5, 5.41) is 0.849. The Labute approximate surface area is 102 Å². The molecule has 0 spiro atoms. The first-order valence-corrected chi connectivity index (χ1v) is 6.39. The molecule has 0 bridgehead atoms. The summed E-state index contributed by atoms with van der Waals surface area (Å²) in [4.78, 5) is 2.46. The summed E-state index contributed by atoms with van der Waals surface area (Å²) in [6, 6.07) is 6.87. The molecule has 0 atom stereocenters. The molecule has 1 fully saturated rings. The SMILES string of the molecule is CCN(c1cccc(Cl)c1CCN)C1CC1. The maximum absolute atomic E-state index is 6.25. The first-order chi connectivity index (χ1) is 7.77. The highest BCUT2D eigenvalue weighted by atomic mass is 35.5. The van der Waals surface area contributed by atoms with Crippen molar-refractivity contribution >= 4 is 17.3 Å². The van der Waals surface area contributed by atoms with Crippen molar-refractivity contribution in [1.29, 1.82) is 0 Å². The zero-order valence-corrected chi connectivity index (χ0v) is 10.5. The molecule has 0 heterocycles. The Morgan fingerprint density at radius 2 is 2.19 bits per heavy atom. The van der Waals surface area contributed by atoms with Gasteiger partial charge in [0.2, 0.25) is 0 Å². The van der Waals surface area contributed by atoms with Gasteiger partial charge in [0, 0.05) is 23.3 Å². The van der Waals surface area contributed by atoms with Crippen LogP contribution in [0.3, 0.4) is 0 Å². The van der Waals surface area contributed by atoms with Gasteiger partial charge in [-0.2, -0.15) is 0 Å². The Kier molecular flexibility index (Phi) is 3.72. The van der Waals surface area contributed by atoms with Crippen molar-refractivity contribution in [2.45, 2.75) is 32.2 Å². The number of hydrogen-bond donors (Lipinski definition) is 1. The normalized spacial score (nSPS) is 15.2. The summed E-state index contributed by atoms with van der Waals surface area (Å²) in [5.41, 5.74) is 8.14. The molecular formula is C13H19ClN2. The van der Waals surface area contributed by atoms with E-state index in [9.17, 15) is 0 Å². The van der Waals surface area contributed by atoms with Gasteiger partial charge in [-0.3, -0.25) is 0 Å². The third kappa shape index (κ3) is 2.33. The molecule has 2 rings (SSSR count). The largest absolute Gasteiger partial charge is 0.369 e. The van der Waals surface area contributed by atoms with Gasteiger partial charge in [0.05, 0.1) is 0 Å². The Balaban J connectivity index is 2.33. The highest BCUT2D eigenvalue weighted by molar-refractivity contribution is 6.31. The van der Waals surface area contributed by atoms with E-state index >= 15 is 0 Å². The van der Waals surface area contributed by atoms with Gasteiger partial charge in [0.1, 0.15) is 0 Å². The molecule has 1 aliphatic carbocycles.